The van der Waals surface area contributed by atoms with Crippen LogP contribution in [0.2, 0.25) is 0 Å². The average molecular weight is 408 g/mol. The zero-order valence-electron chi connectivity index (χ0n) is 16.8. The Balaban J connectivity index is 1.38. The van der Waals surface area contributed by atoms with Gasteiger partial charge < -0.3 is 10.1 Å². The van der Waals surface area contributed by atoms with Gasteiger partial charge in [-0.3, -0.25) is 24.1 Å². The SMILES string of the molecule is Cc1ccccc1CCNC(=O)COC(=O)CCN1C(=O)Cc2ccccc2C1=O. The highest BCUT2D eigenvalue weighted by atomic mass is 16.5. The Morgan fingerprint density at radius 1 is 1.07 bits per heavy atom. The Labute approximate surface area is 175 Å². The number of imide groups is 1. The minimum Gasteiger partial charge on any atom is -0.456 e. The molecular weight excluding hydrogens is 384 g/mol. The number of nitrogens with zero attached hydrogens (tertiary/aromatic N) is 1. The maximum Gasteiger partial charge on any atom is 0.308 e. The highest BCUT2D eigenvalue weighted by molar-refractivity contribution is 6.09. The van der Waals surface area contributed by atoms with Gasteiger partial charge in [-0.15, -0.1) is 0 Å². The first kappa shape index (κ1) is 21.2. The second kappa shape index (κ2) is 9.82. The van der Waals surface area contributed by atoms with E-state index in [1.54, 1.807) is 24.3 Å². The van der Waals surface area contributed by atoms with Gasteiger partial charge in [0.1, 0.15) is 0 Å². The van der Waals surface area contributed by atoms with E-state index in [2.05, 4.69) is 5.32 Å². The van der Waals surface area contributed by atoms with Crippen LogP contribution in [0.5, 0.6) is 0 Å². The van der Waals surface area contributed by atoms with Crippen LogP contribution < -0.4 is 5.32 Å². The highest BCUT2D eigenvalue weighted by Gasteiger charge is 2.30. The number of esters is 1. The average Bonchev–Trinajstić information content (AvgIpc) is 2.73. The maximum atomic E-state index is 12.5. The molecule has 0 saturated carbocycles. The number of carbonyl (C=O) groups is 4. The van der Waals surface area contributed by atoms with Gasteiger partial charge in [-0.1, -0.05) is 42.5 Å². The third-order valence-electron chi connectivity index (χ3n) is 5.02. The predicted octanol–water partition coefficient (Wildman–Crippen LogP) is 1.81. The monoisotopic (exact) mass is 408 g/mol. The van der Waals surface area contributed by atoms with Gasteiger partial charge >= 0.3 is 5.97 Å². The topological polar surface area (TPSA) is 92.8 Å². The van der Waals surface area contributed by atoms with E-state index >= 15 is 0 Å². The molecule has 2 aromatic rings. The molecule has 7 nitrogen and oxygen atoms in total. The Kier molecular flexibility index (Phi) is 6.95. The van der Waals surface area contributed by atoms with Gasteiger partial charge in [-0.2, -0.15) is 0 Å². The van der Waals surface area contributed by atoms with Crippen LogP contribution in [-0.4, -0.2) is 48.3 Å². The van der Waals surface area contributed by atoms with Crippen molar-refractivity contribution in [2.24, 2.45) is 0 Å². The third kappa shape index (κ3) is 5.31. The van der Waals surface area contributed by atoms with E-state index < -0.39 is 24.4 Å². The lowest BCUT2D eigenvalue weighted by molar-refractivity contribution is -0.149. The summed E-state index contributed by atoms with van der Waals surface area (Å²) in [5.74, 6) is -1.79. The van der Waals surface area contributed by atoms with Crippen LogP contribution in [0, 0.1) is 6.92 Å². The Morgan fingerprint density at radius 2 is 1.80 bits per heavy atom. The van der Waals surface area contributed by atoms with Gasteiger partial charge in [-0.25, -0.2) is 0 Å². The van der Waals surface area contributed by atoms with Gasteiger partial charge in [0.15, 0.2) is 6.61 Å². The molecule has 0 aliphatic carbocycles. The molecule has 0 spiro atoms. The first-order valence-electron chi connectivity index (χ1n) is 9.85. The molecule has 1 aliphatic heterocycles. The van der Waals surface area contributed by atoms with Crippen LogP contribution in [0.1, 0.15) is 33.5 Å². The summed E-state index contributed by atoms with van der Waals surface area (Å²) in [4.78, 5) is 49.5. The molecule has 2 aromatic carbocycles. The number of fused-ring (bicyclic) bond motifs is 1. The van der Waals surface area contributed by atoms with Crippen LogP contribution in [0.25, 0.3) is 0 Å². The quantitative estimate of drug-likeness (QED) is 0.531. The third-order valence-corrected chi connectivity index (χ3v) is 5.02. The standard InChI is InChI=1S/C23H24N2O5/c1-16-6-2-3-7-17(16)10-12-24-20(26)15-30-22(28)11-13-25-21(27)14-18-8-4-5-9-19(18)23(25)29/h2-9H,10-15H2,1H3,(H,24,26). The second-order valence-electron chi connectivity index (χ2n) is 7.12. The van der Waals surface area contributed by atoms with Crippen LogP contribution in [-0.2, 0) is 32.0 Å². The summed E-state index contributed by atoms with van der Waals surface area (Å²) < 4.78 is 4.96. The molecule has 0 saturated heterocycles. The number of carbonyl (C=O) groups excluding carboxylic acids is 4. The van der Waals surface area contributed by atoms with Crippen molar-refractivity contribution in [2.45, 2.75) is 26.2 Å². The van der Waals surface area contributed by atoms with E-state index in [4.69, 9.17) is 4.74 Å². The molecule has 156 valence electrons. The number of hydrogen-bond acceptors (Lipinski definition) is 5. The normalized spacial score (nSPS) is 13.0. The Bertz CT molecular complexity index is 970. The van der Waals surface area contributed by atoms with Crippen LogP contribution in [0.4, 0.5) is 0 Å². The molecule has 0 aromatic heterocycles. The number of benzene rings is 2. The minimum absolute atomic E-state index is 0.0697. The molecule has 3 amide bonds. The van der Waals surface area contributed by atoms with E-state index in [9.17, 15) is 19.2 Å². The van der Waals surface area contributed by atoms with Crippen LogP contribution in [0.15, 0.2) is 48.5 Å². The summed E-state index contributed by atoms with van der Waals surface area (Å²) in [6, 6.07) is 14.8. The summed E-state index contributed by atoms with van der Waals surface area (Å²) in [6.45, 7) is 1.99. The molecule has 0 radical (unpaired) electrons. The maximum absolute atomic E-state index is 12.5. The summed E-state index contributed by atoms with van der Waals surface area (Å²) in [5, 5.41) is 2.71. The summed E-state index contributed by atoms with van der Waals surface area (Å²) in [5.41, 5.74) is 3.46. The smallest absolute Gasteiger partial charge is 0.308 e. The minimum atomic E-state index is -0.636. The van der Waals surface area contributed by atoms with Crippen molar-refractivity contribution >= 4 is 23.7 Å². The van der Waals surface area contributed by atoms with Crippen molar-refractivity contribution in [1.29, 1.82) is 0 Å². The summed E-state index contributed by atoms with van der Waals surface area (Å²) in [6.07, 6.45) is 0.656. The molecule has 0 unspecified atom stereocenters. The molecule has 1 heterocycles. The van der Waals surface area contributed by atoms with Gasteiger partial charge in [0.25, 0.3) is 11.8 Å². The van der Waals surface area contributed by atoms with E-state index in [0.29, 0.717) is 24.1 Å². The summed E-state index contributed by atoms with van der Waals surface area (Å²) in [7, 11) is 0. The van der Waals surface area contributed by atoms with Gasteiger partial charge in [0.2, 0.25) is 5.91 Å². The van der Waals surface area contributed by atoms with Crippen LogP contribution in [0.3, 0.4) is 0 Å². The molecule has 3 rings (SSSR count). The molecule has 1 aliphatic rings. The lowest BCUT2D eigenvalue weighted by atomic mass is 9.98. The fourth-order valence-corrected chi connectivity index (χ4v) is 3.33. The molecular formula is C23H24N2O5. The number of hydrogen-bond donors (Lipinski definition) is 1. The summed E-state index contributed by atoms with van der Waals surface area (Å²) >= 11 is 0. The van der Waals surface area contributed by atoms with Gasteiger partial charge in [-0.05, 0) is 36.1 Å². The lowest BCUT2D eigenvalue weighted by Gasteiger charge is -2.26. The first-order valence-corrected chi connectivity index (χ1v) is 9.85. The highest BCUT2D eigenvalue weighted by Crippen LogP contribution is 2.19. The number of aryl methyl sites for hydroxylation is 1. The van der Waals surface area contributed by atoms with Crippen molar-refractivity contribution in [3.63, 3.8) is 0 Å². The van der Waals surface area contributed by atoms with E-state index in [-0.39, 0.29) is 25.3 Å². The fraction of sp³-hybridized carbons (Fsp3) is 0.304. The van der Waals surface area contributed by atoms with Gasteiger partial charge in [0, 0.05) is 18.7 Å². The molecule has 7 heteroatoms. The fourth-order valence-electron chi connectivity index (χ4n) is 3.33. The van der Waals surface area contributed by atoms with E-state index in [1.165, 1.54) is 0 Å². The lowest BCUT2D eigenvalue weighted by Crippen LogP contribution is -2.43. The number of ether oxygens (including phenoxy) is 1. The van der Waals surface area contributed by atoms with Crippen LogP contribution >= 0.6 is 0 Å². The van der Waals surface area contributed by atoms with E-state index in [1.807, 2.05) is 31.2 Å². The van der Waals surface area contributed by atoms with Crippen molar-refractivity contribution in [1.82, 2.24) is 10.2 Å². The molecule has 0 atom stereocenters. The first-order chi connectivity index (χ1) is 14.5. The number of amides is 3. The number of rotatable bonds is 8. The predicted molar refractivity (Wildman–Crippen MR) is 110 cm³/mol. The molecule has 0 bridgehead atoms. The second-order valence-corrected chi connectivity index (χ2v) is 7.12. The van der Waals surface area contributed by atoms with Crippen molar-refractivity contribution < 1.29 is 23.9 Å². The Morgan fingerprint density at radius 3 is 2.60 bits per heavy atom. The van der Waals surface area contributed by atoms with E-state index in [0.717, 1.165) is 16.0 Å². The molecule has 0 fully saturated rings. The van der Waals surface area contributed by atoms with Crippen molar-refractivity contribution in [3.8, 4) is 0 Å². The van der Waals surface area contributed by atoms with Crippen molar-refractivity contribution in [3.05, 3.63) is 70.8 Å². The zero-order valence-corrected chi connectivity index (χ0v) is 16.8. The molecule has 30 heavy (non-hydrogen) atoms. The number of nitrogens with one attached hydrogen (secondary N) is 1. The molecule has 1 N–H and O–H groups in total. The largest absolute Gasteiger partial charge is 0.456 e. The Hall–Kier alpha value is -3.48. The zero-order chi connectivity index (χ0) is 21.5. The van der Waals surface area contributed by atoms with Crippen molar-refractivity contribution in [2.75, 3.05) is 19.7 Å². The van der Waals surface area contributed by atoms with Gasteiger partial charge in [0.05, 0.1) is 12.8 Å².